The molecule has 0 aliphatic carbocycles. The first-order chi connectivity index (χ1) is 6.74. The molecule has 80 valence electrons. The van der Waals surface area contributed by atoms with Crippen LogP contribution in [0.2, 0.25) is 0 Å². The Bertz CT molecular complexity index is 233. The molecule has 2 N–H and O–H groups in total. The zero-order valence-corrected chi connectivity index (χ0v) is 8.86. The summed E-state index contributed by atoms with van der Waals surface area (Å²) in [5.74, 6) is 1.28. The molecule has 0 bridgehead atoms. The van der Waals surface area contributed by atoms with E-state index in [1.54, 1.807) is 18.4 Å². The van der Waals surface area contributed by atoms with Crippen molar-refractivity contribution < 1.29 is 9.52 Å². The molecule has 0 spiro atoms. The molecule has 3 nitrogen and oxygen atoms in total. The molecule has 1 aromatic rings. The molecule has 1 aromatic heterocycles. The van der Waals surface area contributed by atoms with Crippen molar-refractivity contribution in [1.82, 2.24) is 5.32 Å². The number of aliphatic hydroxyl groups excluding tert-OH is 1. The van der Waals surface area contributed by atoms with E-state index < -0.39 is 6.10 Å². The third-order valence-corrected chi connectivity index (χ3v) is 2.40. The lowest BCUT2D eigenvalue weighted by atomic mass is 10.1. The summed E-state index contributed by atoms with van der Waals surface area (Å²) in [5, 5.41) is 12.9. The molecule has 0 aliphatic heterocycles. The maximum atomic E-state index is 9.64. The lowest BCUT2D eigenvalue weighted by Crippen LogP contribution is -2.25. The van der Waals surface area contributed by atoms with Gasteiger partial charge in [0.15, 0.2) is 0 Å². The molecule has 2 atom stereocenters. The highest BCUT2D eigenvalue weighted by molar-refractivity contribution is 5.02. The average molecular weight is 197 g/mol. The summed E-state index contributed by atoms with van der Waals surface area (Å²) in [6.45, 7) is 5.84. The quantitative estimate of drug-likeness (QED) is 0.732. The van der Waals surface area contributed by atoms with E-state index in [0.717, 1.165) is 13.0 Å². The van der Waals surface area contributed by atoms with Gasteiger partial charge in [0.2, 0.25) is 0 Å². The predicted octanol–water partition coefficient (Wildman–Crippen LogP) is 1.95. The molecule has 0 amide bonds. The van der Waals surface area contributed by atoms with Gasteiger partial charge in [-0.15, -0.1) is 0 Å². The van der Waals surface area contributed by atoms with E-state index in [1.165, 1.54) is 0 Å². The number of hydrogen-bond donors (Lipinski definition) is 2. The molecule has 0 saturated carbocycles. The summed E-state index contributed by atoms with van der Waals surface area (Å²) in [7, 11) is 0. The number of aliphatic hydroxyl groups is 1. The van der Waals surface area contributed by atoms with E-state index in [9.17, 15) is 5.11 Å². The van der Waals surface area contributed by atoms with E-state index in [4.69, 9.17) is 4.42 Å². The highest BCUT2D eigenvalue weighted by atomic mass is 16.4. The van der Waals surface area contributed by atoms with Crippen LogP contribution in [0.4, 0.5) is 0 Å². The first-order valence-electron chi connectivity index (χ1n) is 5.16. The summed E-state index contributed by atoms with van der Waals surface area (Å²) >= 11 is 0. The van der Waals surface area contributed by atoms with Crippen LogP contribution in [0.5, 0.6) is 0 Å². The fourth-order valence-corrected chi connectivity index (χ4v) is 1.19. The SMILES string of the molecule is CCC(C)CNCC(O)c1ccco1. The lowest BCUT2D eigenvalue weighted by Gasteiger charge is -2.12. The molecule has 14 heavy (non-hydrogen) atoms. The van der Waals surface area contributed by atoms with Crippen LogP contribution >= 0.6 is 0 Å². The molecule has 0 aliphatic rings. The van der Waals surface area contributed by atoms with Gasteiger partial charge in [-0.25, -0.2) is 0 Å². The highest BCUT2D eigenvalue weighted by Gasteiger charge is 2.09. The largest absolute Gasteiger partial charge is 0.467 e. The topological polar surface area (TPSA) is 45.4 Å². The first kappa shape index (κ1) is 11.3. The zero-order chi connectivity index (χ0) is 10.4. The Hall–Kier alpha value is -0.800. The van der Waals surface area contributed by atoms with Gasteiger partial charge in [-0.05, 0) is 24.6 Å². The lowest BCUT2D eigenvalue weighted by molar-refractivity contribution is 0.146. The van der Waals surface area contributed by atoms with Gasteiger partial charge >= 0.3 is 0 Å². The fourth-order valence-electron chi connectivity index (χ4n) is 1.19. The Kier molecular flexibility index (Phi) is 4.70. The Labute approximate surface area is 85.1 Å². The van der Waals surface area contributed by atoms with Crippen LogP contribution in [0, 0.1) is 5.92 Å². The summed E-state index contributed by atoms with van der Waals surface area (Å²) in [6, 6.07) is 3.57. The number of hydrogen-bond acceptors (Lipinski definition) is 3. The Morgan fingerprint density at radius 3 is 2.86 bits per heavy atom. The smallest absolute Gasteiger partial charge is 0.133 e. The second-order valence-corrected chi connectivity index (χ2v) is 3.70. The van der Waals surface area contributed by atoms with Gasteiger partial charge in [0.05, 0.1) is 6.26 Å². The van der Waals surface area contributed by atoms with Crippen LogP contribution in [-0.4, -0.2) is 18.2 Å². The summed E-state index contributed by atoms with van der Waals surface area (Å²) < 4.78 is 5.09. The Balaban J connectivity index is 2.19. The highest BCUT2D eigenvalue weighted by Crippen LogP contribution is 2.11. The minimum absolute atomic E-state index is 0.533. The van der Waals surface area contributed by atoms with Gasteiger partial charge in [-0.3, -0.25) is 0 Å². The van der Waals surface area contributed by atoms with E-state index in [2.05, 4.69) is 19.2 Å². The number of furan rings is 1. The molecule has 0 saturated heterocycles. The fraction of sp³-hybridized carbons (Fsp3) is 0.636. The van der Waals surface area contributed by atoms with Crippen molar-refractivity contribution in [2.24, 2.45) is 5.92 Å². The number of nitrogens with one attached hydrogen (secondary N) is 1. The van der Waals surface area contributed by atoms with Crippen molar-refractivity contribution in [3.63, 3.8) is 0 Å². The van der Waals surface area contributed by atoms with Crippen molar-refractivity contribution in [2.75, 3.05) is 13.1 Å². The standard InChI is InChI=1S/C11H19NO2/c1-3-9(2)7-12-8-10(13)11-5-4-6-14-11/h4-6,9-10,12-13H,3,7-8H2,1-2H3. The molecule has 0 aromatic carbocycles. The first-order valence-corrected chi connectivity index (χ1v) is 5.16. The van der Waals surface area contributed by atoms with E-state index in [0.29, 0.717) is 18.2 Å². The van der Waals surface area contributed by atoms with Crippen molar-refractivity contribution in [3.8, 4) is 0 Å². The summed E-state index contributed by atoms with van der Waals surface area (Å²) in [6.07, 6.45) is 2.20. The van der Waals surface area contributed by atoms with E-state index in [-0.39, 0.29) is 0 Å². The molecular formula is C11H19NO2. The van der Waals surface area contributed by atoms with E-state index in [1.807, 2.05) is 0 Å². The van der Waals surface area contributed by atoms with Gasteiger partial charge in [0.1, 0.15) is 11.9 Å². The average Bonchev–Trinajstić information content (AvgIpc) is 2.70. The molecule has 1 rings (SSSR count). The minimum Gasteiger partial charge on any atom is -0.467 e. The van der Waals surface area contributed by atoms with Crippen molar-refractivity contribution >= 4 is 0 Å². The predicted molar refractivity (Wildman–Crippen MR) is 56.0 cm³/mol. The van der Waals surface area contributed by atoms with Crippen molar-refractivity contribution in [3.05, 3.63) is 24.2 Å². The molecule has 2 unspecified atom stereocenters. The molecule has 3 heteroatoms. The van der Waals surface area contributed by atoms with Gasteiger partial charge < -0.3 is 14.8 Å². The monoisotopic (exact) mass is 197 g/mol. The van der Waals surface area contributed by atoms with Crippen molar-refractivity contribution in [2.45, 2.75) is 26.4 Å². The van der Waals surface area contributed by atoms with E-state index >= 15 is 0 Å². The molecule has 0 fully saturated rings. The van der Waals surface area contributed by atoms with Gasteiger partial charge in [0, 0.05) is 6.54 Å². The van der Waals surface area contributed by atoms with Gasteiger partial charge in [-0.2, -0.15) is 0 Å². The third kappa shape index (κ3) is 3.52. The van der Waals surface area contributed by atoms with Crippen LogP contribution in [0.3, 0.4) is 0 Å². The second-order valence-electron chi connectivity index (χ2n) is 3.70. The summed E-state index contributed by atoms with van der Waals surface area (Å²) in [5.41, 5.74) is 0. The molecule has 1 heterocycles. The Morgan fingerprint density at radius 1 is 1.50 bits per heavy atom. The zero-order valence-electron chi connectivity index (χ0n) is 8.86. The second kappa shape index (κ2) is 5.83. The van der Waals surface area contributed by atoms with Crippen LogP contribution in [0.15, 0.2) is 22.8 Å². The minimum atomic E-state index is -0.533. The molecular weight excluding hydrogens is 178 g/mol. The Morgan fingerprint density at radius 2 is 2.29 bits per heavy atom. The van der Waals surface area contributed by atoms with Crippen LogP contribution < -0.4 is 5.32 Å². The van der Waals surface area contributed by atoms with Gasteiger partial charge in [0.25, 0.3) is 0 Å². The maximum Gasteiger partial charge on any atom is 0.133 e. The van der Waals surface area contributed by atoms with Crippen LogP contribution in [-0.2, 0) is 0 Å². The summed E-state index contributed by atoms with van der Waals surface area (Å²) in [4.78, 5) is 0. The normalized spacial score (nSPS) is 15.4. The molecule has 0 radical (unpaired) electrons. The maximum absolute atomic E-state index is 9.64. The van der Waals surface area contributed by atoms with Crippen molar-refractivity contribution in [1.29, 1.82) is 0 Å². The number of rotatable bonds is 6. The third-order valence-electron chi connectivity index (χ3n) is 2.40. The van der Waals surface area contributed by atoms with Crippen LogP contribution in [0.1, 0.15) is 32.1 Å². The van der Waals surface area contributed by atoms with Crippen LogP contribution in [0.25, 0.3) is 0 Å². The van der Waals surface area contributed by atoms with Gasteiger partial charge in [-0.1, -0.05) is 20.3 Å².